The highest BCUT2D eigenvalue weighted by Gasteiger charge is 2.26. The van der Waals surface area contributed by atoms with Crippen LogP contribution in [0.1, 0.15) is 211 Å². The zero-order valence-electron chi connectivity index (χ0n) is 52.5. The molecule has 1 unspecified atom stereocenters. The van der Waals surface area contributed by atoms with E-state index in [1.165, 1.54) is 22.3 Å². The predicted octanol–water partition coefficient (Wildman–Crippen LogP) is 19.1. The first kappa shape index (κ1) is 70.1. The molecule has 6 aromatic carbocycles. The van der Waals surface area contributed by atoms with E-state index in [0.717, 1.165) is 33.4 Å². The minimum Gasteiger partial charge on any atom is -0.508 e. The molecule has 6 rings (SSSR count). The van der Waals surface area contributed by atoms with Crippen LogP contribution in [0.25, 0.3) is 11.1 Å². The average molecular weight is 1120 g/mol. The molecule has 11 heteroatoms. The lowest BCUT2D eigenvalue weighted by atomic mass is 9.80. The summed E-state index contributed by atoms with van der Waals surface area (Å²) in [5, 5.41) is 39.3. The fraction of sp³-hybridized carbons (Fsp3) is 0.471. The molecule has 436 valence electrons. The van der Waals surface area contributed by atoms with Crippen LogP contribution in [0.4, 0.5) is 0 Å². The molecule has 0 saturated heterocycles. The summed E-state index contributed by atoms with van der Waals surface area (Å²) >= 11 is 0. The molecule has 79 heavy (non-hydrogen) atoms. The molecule has 0 aliphatic heterocycles. The maximum absolute atomic E-state index is 9.84. The number of hydrogen-bond acceptors (Lipinski definition) is 9. The number of aromatic hydroxyl groups is 4. The molecule has 0 aromatic heterocycles. The SMILES string of the molecule is CC(C)(C)c1ccc(O)c(C(C)(C)C)c1.CC(C)(C)c1ccc(O)c(C(C)(C)C)c1.CC(C)(C)c1ccc(O)c(C(C)(C)C)c1.CC(C)(C)c1ccc(O)c(C(C)(C)C)c1.OP(O)OP(O)Oc1ccc(-c2ccccc2)cc1. The molecule has 1 atom stereocenters. The van der Waals surface area contributed by atoms with Gasteiger partial charge in [0.15, 0.2) is 0 Å². The van der Waals surface area contributed by atoms with Gasteiger partial charge in [0.1, 0.15) is 28.7 Å². The highest BCUT2D eigenvalue weighted by atomic mass is 31.2. The van der Waals surface area contributed by atoms with Crippen molar-refractivity contribution in [2.75, 3.05) is 0 Å². The van der Waals surface area contributed by atoms with E-state index in [4.69, 9.17) is 14.3 Å². The van der Waals surface area contributed by atoms with Crippen LogP contribution in [0.15, 0.2) is 127 Å². The molecule has 0 spiro atoms. The molecule has 0 aliphatic carbocycles. The Kier molecular flexibility index (Phi) is 24.6. The lowest BCUT2D eigenvalue weighted by molar-refractivity contribution is 0.328. The van der Waals surface area contributed by atoms with E-state index in [2.05, 4.69) is 195 Å². The van der Waals surface area contributed by atoms with Crippen molar-refractivity contribution in [3.63, 3.8) is 0 Å². The minimum atomic E-state index is -2.62. The second kappa shape index (κ2) is 27.7. The van der Waals surface area contributed by atoms with Gasteiger partial charge in [-0.05, 0) is 135 Å². The highest BCUT2D eigenvalue weighted by Crippen LogP contribution is 2.47. The summed E-state index contributed by atoms with van der Waals surface area (Å²) in [6, 6.07) is 40.6. The van der Waals surface area contributed by atoms with Crippen LogP contribution in [0.2, 0.25) is 0 Å². The monoisotopic (exact) mass is 1120 g/mol. The molecular weight excluding hydrogens is 1020 g/mol. The molecule has 0 radical (unpaired) electrons. The standard InChI is InChI=1S/4C14H22O.C12H12O5P2/c4*1-13(2,3)10-7-8-12(15)11(9-10)14(4,5)6;13-18(14)17-19(15)16-12-8-6-11(7-9-12)10-4-2-1-3-5-10/h4*7-9,15H,1-6H3;1-9,13-15H. The van der Waals surface area contributed by atoms with Crippen LogP contribution in [0.3, 0.4) is 0 Å². The molecule has 0 amide bonds. The Morgan fingerprint density at radius 2 is 0.532 bits per heavy atom. The summed E-state index contributed by atoms with van der Waals surface area (Å²) in [5.41, 5.74) is 11.8. The van der Waals surface area contributed by atoms with Gasteiger partial charge < -0.3 is 39.6 Å². The fourth-order valence-corrected chi connectivity index (χ4v) is 8.86. The van der Waals surface area contributed by atoms with E-state index in [9.17, 15) is 25.3 Å². The van der Waals surface area contributed by atoms with Gasteiger partial charge in [0.25, 0.3) is 0 Å². The van der Waals surface area contributed by atoms with E-state index in [1.54, 1.807) is 36.4 Å². The first-order valence-corrected chi connectivity index (χ1v) is 29.5. The Balaban J connectivity index is 0.000000339. The zero-order valence-corrected chi connectivity index (χ0v) is 54.3. The summed E-state index contributed by atoms with van der Waals surface area (Å²) in [5.74, 6) is 1.99. The van der Waals surface area contributed by atoms with Crippen LogP contribution in [0.5, 0.6) is 28.7 Å². The van der Waals surface area contributed by atoms with Crippen LogP contribution >= 0.6 is 17.2 Å². The fourth-order valence-electron chi connectivity index (χ4n) is 7.92. The second-order valence-electron chi connectivity index (χ2n) is 28.5. The van der Waals surface area contributed by atoms with Crippen molar-refractivity contribution in [2.24, 2.45) is 0 Å². The Hall–Kier alpha value is -4.98. The molecule has 0 aliphatic rings. The van der Waals surface area contributed by atoms with Gasteiger partial charge in [-0.25, -0.2) is 4.31 Å². The molecule has 0 fully saturated rings. The van der Waals surface area contributed by atoms with E-state index in [0.29, 0.717) is 28.7 Å². The number of phenols is 4. The van der Waals surface area contributed by atoms with Gasteiger partial charge in [-0.1, -0.05) is 257 Å². The molecular formula is C68H100O9P2. The predicted molar refractivity (Wildman–Crippen MR) is 336 cm³/mol. The third kappa shape index (κ3) is 23.6. The average Bonchev–Trinajstić information content (AvgIpc) is 3.27. The van der Waals surface area contributed by atoms with Crippen molar-refractivity contribution in [3.8, 4) is 39.9 Å². The van der Waals surface area contributed by atoms with Gasteiger partial charge in [-0.2, -0.15) is 0 Å². The number of phenolic OH excluding ortho intramolecular Hbond substituents is 4. The van der Waals surface area contributed by atoms with Crippen LogP contribution in [-0.2, 0) is 47.6 Å². The quantitative estimate of drug-likeness (QED) is 0.0834. The minimum absolute atomic E-state index is 0.00859. The van der Waals surface area contributed by atoms with Crippen molar-refractivity contribution in [2.45, 2.75) is 209 Å². The van der Waals surface area contributed by atoms with Gasteiger partial charge in [0.2, 0.25) is 0 Å². The van der Waals surface area contributed by atoms with E-state index < -0.39 is 17.2 Å². The lowest BCUT2D eigenvalue weighted by Crippen LogP contribution is -2.16. The number of rotatable bonds is 5. The zero-order chi connectivity index (χ0) is 61.1. The number of benzene rings is 6. The summed E-state index contributed by atoms with van der Waals surface area (Å²) in [4.78, 5) is 26.4. The molecule has 0 heterocycles. The Morgan fingerprint density at radius 1 is 0.291 bits per heavy atom. The summed E-state index contributed by atoms with van der Waals surface area (Å²) in [6.07, 6.45) is 0. The molecule has 0 saturated carbocycles. The maximum atomic E-state index is 9.84. The summed E-state index contributed by atoms with van der Waals surface area (Å²) in [7, 11) is -4.96. The summed E-state index contributed by atoms with van der Waals surface area (Å²) in [6.45, 7) is 51.7. The first-order valence-electron chi connectivity index (χ1n) is 27.2. The normalized spacial score (nSPS) is 12.8. The van der Waals surface area contributed by atoms with Crippen LogP contribution < -0.4 is 4.52 Å². The third-order valence-corrected chi connectivity index (χ3v) is 14.5. The van der Waals surface area contributed by atoms with Gasteiger partial charge in [0, 0.05) is 0 Å². The van der Waals surface area contributed by atoms with E-state index in [1.807, 2.05) is 66.7 Å². The van der Waals surface area contributed by atoms with Crippen LogP contribution in [0, 0.1) is 0 Å². The molecule has 0 bridgehead atoms. The van der Waals surface area contributed by atoms with Gasteiger partial charge >= 0.3 is 17.2 Å². The molecule has 6 aromatic rings. The topological polar surface area (TPSA) is 160 Å². The first-order chi connectivity index (χ1) is 35.6. The van der Waals surface area contributed by atoms with Gasteiger partial charge in [0.05, 0.1) is 0 Å². The van der Waals surface area contributed by atoms with Crippen molar-refractivity contribution < 1.29 is 43.9 Å². The van der Waals surface area contributed by atoms with Gasteiger partial charge in [-0.3, -0.25) is 0 Å². The van der Waals surface area contributed by atoms with E-state index in [-0.39, 0.29) is 43.3 Å². The van der Waals surface area contributed by atoms with E-state index >= 15 is 0 Å². The van der Waals surface area contributed by atoms with Crippen molar-refractivity contribution in [3.05, 3.63) is 172 Å². The van der Waals surface area contributed by atoms with Crippen molar-refractivity contribution in [1.82, 2.24) is 0 Å². The molecule has 7 N–H and O–H groups in total. The lowest BCUT2D eigenvalue weighted by Gasteiger charge is -2.25. The Bertz CT molecular complexity index is 2520. The third-order valence-electron chi connectivity index (χ3n) is 13.0. The second-order valence-corrected chi connectivity index (χ2v) is 30.3. The number of hydrogen-bond donors (Lipinski definition) is 7. The van der Waals surface area contributed by atoms with Gasteiger partial charge in [-0.15, -0.1) is 0 Å². The largest absolute Gasteiger partial charge is 0.508 e. The Labute approximate surface area is 480 Å². The Morgan fingerprint density at radius 3 is 0.747 bits per heavy atom. The van der Waals surface area contributed by atoms with Crippen molar-refractivity contribution in [1.29, 1.82) is 0 Å². The summed E-state index contributed by atoms with van der Waals surface area (Å²) < 4.78 is 9.35. The maximum Gasteiger partial charge on any atom is 0.401 e. The molecule has 9 nitrogen and oxygen atoms in total. The smallest absolute Gasteiger partial charge is 0.401 e. The van der Waals surface area contributed by atoms with Crippen LogP contribution in [-0.4, -0.2) is 35.1 Å². The highest BCUT2D eigenvalue weighted by molar-refractivity contribution is 7.54. The van der Waals surface area contributed by atoms with Crippen molar-refractivity contribution >= 4 is 17.2 Å².